The molecule has 1 heterocycles. The molecule has 1 nitrogen and oxygen atoms in total. The third-order valence-corrected chi connectivity index (χ3v) is 3.69. The highest BCUT2D eigenvalue weighted by Gasteiger charge is 2.50. The largest absolute Gasteiger partial charge is 0.296 e. The van der Waals surface area contributed by atoms with E-state index < -0.39 is 0 Å². The smallest absolute Gasteiger partial charge is 0.0462 e. The zero-order valence-electron chi connectivity index (χ0n) is 8.09. The van der Waals surface area contributed by atoms with Crippen molar-refractivity contribution in [3.05, 3.63) is 35.4 Å². The summed E-state index contributed by atoms with van der Waals surface area (Å²) in [5, 5.41) is 0. The monoisotopic (exact) mass is 173 g/mol. The number of fused-ring (bicyclic) bond motifs is 2. The van der Waals surface area contributed by atoms with Crippen LogP contribution in [-0.2, 0) is 12.0 Å². The van der Waals surface area contributed by atoms with Crippen molar-refractivity contribution in [2.75, 3.05) is 13.6 Å². The number of hydrogen-bond donors (Lipinski definition) is 0. The predicted molar refractivity (Wildman–Crippen MR) is 53.7 cm³/mol. The van der Waals surface area contributed by atoms with Gasteiger partial charge in [-0.1, -0.05) is 24.3 Å². The van der Waals surface area contributed by atoms with Gasteiger partial charge in [0.1, 0.15) is 0 Å². The molecule has 1 aromatic carbocycles. The lowest BCUT2D eigenvalue weighted by Crippen LogP contribution is -2.38. The Kier molecular flexibility index (Phi) is 1.37. The molecule has 13 heavy (non-hydrogen) atoms. The molecule has 0 amide bonds. The van der Waals surface area contributed by atoms with Crippen molar-refractivity contribution < 1.29 is 0 Å². The molecule has 0 saturated heterocycles. The first-order chi connectivity index (χ1) is 6.33. The van der Waals surface area contributed by atoms with E-state index in [-0.39, 0.29) is 0 Å². The van der Waals surface area contributed by atoms with Gasteiger partial charge in [-0.05, 0) is 37.4 Å². The highest BCUT2D eigenvalue weighted by Crippen LogP contribution is 2.53. The Morgan fingerprint density at radius 2 is 2.00 bits per heavy atom. The van der Waals surface area contributed by atoms with Crippen LogP contribution in [0.25, 0.3) is 0 Å². The second-order valence-electron chi connectivity index (χ2n) is 4.36. The molecule has 0 bridgehead atoms. The first-order valence-electron chi connectivity index (χ1n) is 5.13. The normalized spacial score (nSPS) is 24.4. The van der Waals surface area contributed by atoms with Gasteiger partial charge in [0.2, 0.25) is 0 Å². The summed E-state index contributed by atoms with van der Waals surface area (Å²) in [4.78, 5) is 2.54. The average molecular weight is 173 g/mol. The lowest BCUT2D eigenvalue weighted by Gasteiger charge is -2.35. The van der Waals surface area contributed by atoms with Crippen molar-refractivity contribution in [2.45, 2.75) is 24.8 Å². The molecule has 1 aliphatic heterocycles. The number of likely N-dealkylation sites (N-methyl/N-ethyl adjacent to an activating group) is 1. The van der Waals surface area contributed by atoms with Gasteiger partial charge in [-0.2, -0.15) is 0 Å². The Morgan fingerprint density at radius 3 is 2.77 bits per heavy atom. The third-order valence-electron chi connectivity index (χ3n) is 3.69. The summed E-state index contributed by atoms with van der Waals surface area (Å²) in [5.41, 5.74) is 3.64. The molecule has 0 N–H and O–H groups in total. The summed E-state index contributed by atoms with van der Waals surface area (Å²) in [6.45, 7) is 1.23. The van der Waals surface area contributed by atoms with Crippen LogP contribution in [0, 0.1) is 0 Å². The Bertz CT molecular complexity index is 339. The minimum Gasteiger partial charge on any atom is -0.296 e. The first kappa shape index (κ1) is 7.57. The second kappa shape index (κ2) is 2.36. The zero-order chi connectivity index (χ0) is 8.89. The van der Waals surface area contributed by atoms with Gasteiger partial charge in [0.25, 0.3) is 0 Å². The van der Waals surface area contributed by atoms with Gasteiger partial charge in [0.15, 0.2) is 0 Å². The lowest BCUT2D eigenvalue weighted by atomic mass is 9.91. The van der Waals surface area contributed by atoms with Crippen molar-refractivity contribution in [3.8, 4) is 0 Å². The molecule has 0 radical (unpaired) electrons. The van der Waals surface area contributed by atoms with Gasteiger partial charge < -0.3 is 0 Å². The summed E-state index contributed by atoms with van der Waals surface area (Å²) < 4.78 is 0. The number of hydrogen-bond acceptors (Lipinski definition) is 1. The standard InChI is InChI=1S/C12H15N/c1-13-9-6-10-4-2-3-5-11(10)12(13)7-8-12/h2-5H,6-9H2,1H3. The van der Waals surface area contributed by atoms with E-state index in [9.17, 15) is 0 Å². The predicted octanol–water partition coefficient (Wildman–Crippen LogP) is 2.16. The van der Waals surface area contributed by atoms with Crippen LogP contribution in [0.15, 0.2) is 24.3 Å². The van der Waals surface area contributed by atoms with E-state index in [1.165, 1.54) is 25.8 Å². The minimum absolute atomic E-state index is 0.453. The molecule has 2 aliphatic rings. The molecule has 1 aromatic rings. The van der Waals surface area contributed by atoms with E-state index in [2.05, 4.69) is 36.2 Å². The van der Waals surface area contributed by atoms with E-state index in [1.54, 1.807) is 11.1 Å². The summed E-state index contributed by atoms with van der Waals surface area (Å²) in [6.07, 6.45) is 3.95. The Morgan fingerprint density at radius 1 is 1.23 bits per heavy atom. The third kappa shape index (κ3) is 0.910. The van der Waals surface area contributed by atoms with Crippen LogP contribution in [0.3, 0.4) is 0 Å². The van der Waals surface area contributed by atoms with E-state index in [4.69, 9.17) is 0 Å². The molecule has 1 fully saturated rings. The molecular weight excluding hydrogens is 158 g/mol. The fraction of sp³-hybridized carbons (Fsp3) is 0.500. The van der Waals surface area contributed by atoms with Crippen LogP contribution < -0.4 is 0 Å². The molecule has 0 aromatic heterocycles. The molecule has 1 spiro atoms. The average Bonchev–Trinajstić information content (AvgIpc) is 2.94. The Balaban J connectivity index is 2.15. The van der Waals surface area contributed by atoms with Gasteiger partial charge >= 0.3 is 0 Å². The number of rotatable bonds is 0. The summed E-state index contributed by atoms with van der Waals surface area (Å²) in [5.74, 6) is 0. The van der Waals surface area contributed by atoms with Crippen LogP contribution in [0.2, 0.25) is 0 Å². The Hall–Kier alpha value is -0.820. The molecule has 1 heteroatoms. The molecular formula is C12H15N. The maximum Gasteiger partial charge on any atom is 0.0462 e. The van der Waals surface area contributed by atoms with Crippen molar-refractivity contribution >= 4 is 0 Å². The van der Waals surface area contributed by atoms with Crippen LogP contribution in [0.5, 0.6) is 0 Å². The highest BCUT2D eigenvalue weighted by molar-refractivity contribution is 5.40. The molecule has 1 aliphatic carbocycles. The van der Waals surface area contributed by atoms with Crippen LogP contribution >= 0.6 is 0 Å². The minimum atomic E-state index is 0.453. The van der Waals surface area contributed by atoms with Crippen LogP contribution in [0.1, 0.15) is 24.0 Å². The maximum atomic E-state index is 2.54. The summed E-state index contributed by atoms with van der Waals surface area (Å²) in [7, 11) is 2.27. The van der Waals surface area contributed by atoms with Crippen LogP contribution in [0.4, 0.5) is 0 Å². The van der Waals surface area contributed by atoms with E-state index in [1.807, 2.05) is 0 Å². The van der Waals surface area contributed by atoms with E-state index >= 15 is 0 Å². The zero-order valence-corrected chi connectivity index (χ0v) is 8.09. The summed E-state index contributed by atoms with van der Waals surface area (Å²) >= 11 is 0. The van der Waals surface area contributed by atoms with Gasteiger partial charge in [0, 0.05) is 12.1 Å². The highest BCUT2D eigenvalue weighted by atomic mass is 15.2. The van der Waals surface area contributed by atoms with E-state index in [0.717, 1.165) is 0 Å². The van der Waals surface area contributed by atoms with Crippen molar-refractivity contribution in [2.24, 2.45) is 0 Å². The topological polar surface area (TPSA) is 3.24 Å². The Labute approximate surface area is 79.4 Å². The quantitative estimate of drug-likeness (QED) is 0.581. The van der Waals surface area contributed by atoms with Crippen molar-refractivity contribution in [1.29, 1.82) is 0 Å². The molecule has 0 unspecified atom stereocenters. The van der Waals surface area contributed by atoms with Gasteiger partial charge in [-0.3, -0.25) is 4.90 Å². The molecule has 3 rings (SSSR count). The second-order valence-corrected chi connectivity index (χ2v) is 4.36. The van der Waals surface area contributed by atoms with Crippen LogP contribution in [-0.4, -0.2) is 18.5 Å². The van der Waals surface area contributed by atoms with Gasteiger partial charge in [-0.25, -0.2) is 0 Å². The van der Waals surface area contributed by atoms with Gasteiger partial charge in [0.05, 0.1) is 0 Å². The van der Waals surface area contributed by atoms with Crippen molar-refractivity contribution in [1.82, 2.24) is 4.90 Å². The van der Waals surface area contributed by atoms with E-state index in [0.29, 0.717) is 5.54 Å². The maximum absolute atomic E-state index is 2.54. The van der Waals surface area contributed by atoms with Crippen molar-refractivity contribution in [3.63, 3.8) is 0 Å². The molecule has 0 atom stereocenters. The summed E-state index contributed by atoms with van der Waals surface area (Å²) in [6, 6.07) is 8.96. The fourth-order valence-corrected chi connectivity index (χ4v) is 2.67. The number of nitrogens with zero attached hydrogens (tertiary/aromatic N) is 1. The molecule has 68 valence electrons. The first-order valence-corrected chi connectivity index (χ1v) is 5.13. The lowest BCUT2D eigenvalue weighted by molar-refractivity contribution is 0.208. The fourth-order valence-electron chi connectivity index (χ4n) is 2.67. The number of benzene rings is 1. The SMILES string of the molecule is CN1CCc2ccccc2C12CC2. The van der Waals surface area contributed by atoms with Gasteiger partial charge in [-0.15, -0.1) is 0 Å². The molecule has 1 saturated carbocycles.